The first-order chi connectivity index (χ1) is 8.83. The van der Waals surface area contributed by atoms with Crippen molar-refractivity contribution in [2.75, 3.05) is 5.75 Å². The van der Waals surface area contributed by atoms with Gasteiger partial charge in [0, 0.05) is 17.5 Å². The van der Waals surface area contributed by atoms with E-state index in [4.69, 9.17) is 0 Å². The summed E-state index contributed by atoms with van der Waals surface area (Å²) < 4.78 is 0. The third-order valence-electron chi connectivity index (χ3n) is 3.30. The molecule has 2 aromatic rings. The molecule has 3 heteroatoms. The molecule has 0 spiro atoms. The summed E-state index contributed by atoms with van der Waals surface area (Å²) in [5.74, 6) is 1.46. The number of rotatable bonds is 3. The van der Waals surface area contributed by atoms with Gasteiger partial charge in [-0.3, -0.25) is 9.78 Å². The van der Waals surface area contributed by atoms with E-state index < -0.39 is 0 Å². The first-order valence-electron chi connectivity index (χ1n) is 6.32. The van der Waals surface area contributed by atoms with Gasteiger partial charge in [-0.1, -0.05) is 24.3 Å². The Hall–Kier alpha value is -1.35. The summed E-state index contributed by atoms with van der Waals surface area (Å²) >= 11 is 1.80. The molecule has 0 amide bonds. The Labute approximate surface area is 111 Å². The highest BCUT2D eigenvalue weighted by Gasteiger charge is 2.23. The van der Waals surface area contributed by atoms with Crippen LogP contribution in [0.5, 0.6) is 0 Å². The second kappa shape index (κ2) is 5.11. The first-order valence-corrected chi connectivity index (χ1v) is 7.37. The highest BCUT2D eigenvalue weighted by molar-refractivity contribution is 8.00. The Morgan fingerprint density at radius 1 is 1.28 bits per heavy atom. The lowest BCUT2D eigenvalue weighted by Crippen LogP contribution is -2.16. The lowest BCUT2D eigenvalue weighted by atomic mass is 10.1. The third kappa shape index (κ3) is 2.41. The van der Waals surface area contributed by atoms with E-state index in [0.29, 0.717) is 12.2 Å². The van der Waals surface area contributed by atoms with Crippen molar-refractivity contribution in [3.05, 3.63) is 42.1 Å². The summed E-state index contributed by atoms with van der Waals surface area (Å²) in [4.78, 5) is 16.6. The smallest absolute Gasteiger partial charge is 0.151 e. The largest absolute Gasteiger partial charge is 0.298 e. The van der Waals surface area contributed by atoms with Crippen LogP contribution < -0.4 is 0 Å². The minimum absolute atomic E-state index is 0.207. The minimum Gasteiger partial charge on any atom is -0.298 e. The van der Waals surface area contributed by atoms with Crippen LogP contribution in [0.3, 0.4) is 0 Å². The molecule has 0 saturated carbocycles. The number of nitrogens with zero attached hydrogens (tertiary/aromatic N) is 1. The molecule has 1 atom stereocenters. The molecule has 0 N–H and O–H groups in total. The molecular weight excluding hydrogens is 242 g/mol. The summed E-state index contributed by atoms with van der Waals surface area (Å²) in [6, 6.07) is 12.0. The van der Waals surface area contributed by atoms with Crippen LogP contribution in [0.4, 0.5) is 0 Å². The molecule has 1 aliphatic rings. The number of carbonyl (C=O) groups is 1. The molecule has 0 aliphatic carbocycles. The number of Topliss-reactive ketones (excluding diaryl/α,β-unsaturated/α-hetero) is 1. The predicted octanol–water partition coefficient (Wildman–Crippen LogP) is 3.24. The van der Waals surface area contributed by atoms with E-state index in [1.807, 2.05) is 36.4 Å². The number of carbonyl (C=O) groups excluding carboxylic acids is 1. The fourth-order valence-corrected chi connectivity index (χ4v) is 3.55. The van der Waals surface area contributed by atoms with Gasteiger partial charge in [0.2, 0.25) is 0 Å². The fourth-order valence-electron chi connectivity index (χ4n) is 2.33. The van der Waals surface area contributed by atoms with Gasteiger partial charge in [0.15, 0.2) is 5.78 Å². The van der Waals surface area contributed by atoms with E-state index in [-0.39, 0.29) is 5.25 Å². The van der Waals surface area contributed by atoms with E-state index >= 15 is 0 Å². The standard InChI is InChI=1S/C15H15NOS/c17-14(15-6-3-9-18-15)10-12-8-7-11-4-1-2-5-13(11)16-12/h1-2,4-5,7-8,15H,3,6,9-10H2. The molecule has 1 aromatic heterocycles. The molecule has 1 aromatic carbocycles. The van der Waals surface area contributed by atoms with E-state index in [9.17, 15) is 4.79 Å². The van der Waals surface area contributed by atoms with E-state index in [2.05, 4.69) is 4.98 Å². The fraction of sp³-hybridized carbons (Fsp3) is 0.333. The van der Waals surface area contributed by atoms with Crippen molar-refractivity contribution in [1.29, 1.82) is 0 Å². The topological polar surface area (TPSA) is 30.0 Å². The molecule has 1 aliphatic heterocycles. The van der Waals surface area contributed by atoms with Crippen LogP contribution >= 0.6 is 11.8 Å². The van der Waals surface area contributed by atoms with E-state index in [1.165, 1.54) is 6.42 Å². The molecule has 2 nitrogen and oxygen atoms in total. The monoisotopic (exact) mass is 257 g/mol. The molecular formula is C15H15NOS. The lowest BCUT2D eigenvalue weighted by Gasteiger charge is -2.07. The zero-order valence-corrected chi connectivity index (χ0v) is 11.0. The Morgan fingerprint density at radius 2 is 2.17 bits per heavy atom. The van der Waals surface area contributed by atoms with Crippen molar-refractivity contribution in [3.8, 4) is 0 Å². The van der Waals surface area contributed by atoms with Crippen LogP contribution in [-0.2, 0) is 11.2 Å². The molecule has 3 rings (SSSR count). The maximum atomic E-state index is 12.1. The van der Waals surface area contributed by atoms with Gasteiger partial charge in [-0.2, -0.15) is 11.8 Å². The molecule has 2 heterocycles. The number of thioether (sulfide) groups is 1. The van der Waals surface area contributed by atoms with Crippen molar-refractivity contribution in [1.82, 2.24) is 4.98 Å². The Bertz CT molecular complexity index is 575. The first kappa shape index (κ1) is 11.7. The molecule has 1 fully saturated rings. The van der Waals surface area contributed by atoms with Crippen LogP contribution in [0, 0.1) is 0 Å². The number of pyridine rings is 1. The maximum absolute atomic E-state index is 12.1. The van der Waals surface area contributed by atoms with Crippen LogP contribution in [0.1, 0.15) is 18.5 Å². The Morgan fingerprint density at radius 3 is 3.00 bits per heavy atom. The molecule has 1 saturated heterocycles. The molecule has 92 valence electrons. The van der Waals surface area contributed by atoms with Gasteiger partial charge in [0.25, 0.3) is 0 Å². The number of fused-ring (bicyclic) bond motifs is 1. The maximum Gasteiger partial charge on any atom is 0.151 e. The summed E-state index contributed by atoms with van der Waals surface area (Å²) in [7, 11) is 0. The Kier molecular flexibility index (Phi) is 3.33. The molecule has 18 heavy (non-hydrogen) atoms. The SMILES string of the molecule is O=C(Cc1ccc2ccccc2n1)C1CCCS1. The third-order valence-corrected chi connectivity index (χ3v) is 4.73. The van der Waals surface area contributed by atoms with Crippen LogP contribution in [0.15, 0.2) is 36.4 Å². The summed E-state index contributed by atoms with van der Waals surface area (Å²) in [5, 5.41) is 1.34. The van der Waals surface area contributed by atoms with Crippen molar-refractivity contribution < 1.29 is 4.79 Å². The van der Waals surface area contributed by atoms with Crippen molar-refractivity contribution in [3.63, 3.8) is 0 Å². The van der Waals surface area contributed by atoms with Crippen LogP contribution in [0.2, 0.25) is 0 Å². The van der Waals surface area contributed by atoms with Crippen molar-refractivity contribution in [2.24, 2.45) is 0 Å². The van der Waals surface area contributed by atoms with Crippen LogP contribution in [0.25, 0.3) is 10.9 Å². The normalized spacial score (nSPS) is 19.2. The van der Waals surface area contributed by atoms with Gasteiger partial charge in [0.1, 0.15) is 0 Å². The lowest BCUT2D eigenvalue weighted by molar-refractivity contribution is -0.118. The Balaban J connectivity index is 1.79. The number of para-hydroxylation sites is 1. The van der Waals surface area contributed by atoms with Gasteiger partial charge >= 0.3 is 0 Å². The number of benzene rings is 1. The second-order valence-corrected chi connectivity index (χ2v) is 5.95. The van der Waals surface area contributed by atoms with Gasteiger partial charge in [0.05, 0.1) is 10.8 Å². The minimum atomic E-state index is 0.207. The van der Waals surface area contributed by atoms with Gasteiger partial charge in [-0.25, -0.2) is 0 Å². The quantitative estimate of drug-likeness (QED) is 0.845. The number of aromatic nitrogens is 1. The number of hydrogen-bond donors (Lipinski definition) is 0. The van der Waals surface area contributed by atoms with Crippen molar-refractivity contribution >= 4 is 28.4 Å². The van der Waals surface area contributed by atoms with E-state index in [1.54, 1.807) is 11.8 Å². The van der Waals surface area contributed by atoms with Crippen molar-refractivity contribution in [2.45, 2.75) is 24.5 Å². The molecule has 1 unspecified atom stereocenters. The molecule has 0 radical (unpaired) electrons. The predicted molar refractivity (Wildman–Crippen MR) is 75.9 cm³/mol. The second-order valence-electron chi connectivity index (χ2n) is 4.64. The summed E-state index contributed by atoms with van der Waals surface area (Å²) in [5.41, 5.74) is 1.87. The average Bonchev–Trinajstić information content (AvgIpc) is 2.92. The zero-order chi connectivity index (χ0) is 12.4. The molecule has 0 bridgehead atoms. The highest BCUT2D eigenvalue weighted by Crippen LogP contribution is 2.27. The average molecular weight is 257 g/mol. The van der Waals surface area contributed by atoms with Gasteiger partial charge in [-0.15, -0.1) is 0 Å². The highest BCUT2D eigenvalue weighted by atomic mass is 32.2. The number of ketones is 1. The van der Waals surface area contributed by atoms with Gasteiger partial charge < -0.3 is 0 Å². The zero-order valence-electron chi connectivity index (χ0n) is 10.1. The van der Waals surface area contributed by atoms with Gasteiger partial charge in [-0.05, 0) is 30.7 Å². The van der Waals surface area contributed by atoms with E-state index in [0.717, 1.165) is 28.8 Å². The number of hydrogen-bond acceptors (Lipinski definition) is 3. The summed E-state index contributed by atoms with van der Waals surface area (Å²) in [6.45, 7) is 0. The summed E-state index contributed by atoms with van der Waals surface area (Å²) in [6.07, 6.45) is 2.69. The van der Waals surface area contributed by atoms with Crippen LogP contribution in [-0.4, -0.2) is 21.8 Å².